The Kier molecular flexibility index (Phi) is 2.76. The molecule has 1 heteroatoms. The molecule has 0 aromatic heterocycles. The van der Waals surface area contributed by atoms with Crippen LogP contribution in [0.1, 0.15) is 37.8 Å². The van der Waals surface area contributed by atoms with Crippen molar-refractivity contribution in [3.05, 3.63) is 29.3 Å². The lowest BCUT2D eigenvalue weighted by atomic mass is 9.91. The van der Waals surface area contributed by atoms with Crippen molar-refractivity contribution in [2.75, 3.05) is 0 Å². The smallest absolute Gasteiger partial charge is 0.123 e. The summed E-state index contributed by atoms with van der Waals surface area (Å²) in [5, 5.41) is 0. The second-order valence-electron chi connectivity index (χ2n) is 4.27. The predicted molar refractivity (Wildman–Crippen MR) is 58.8 cm³/mol. The van der Waals surface area contributed by atoms with E-state index in [1.165, 1.54) is 36.8 Å². The van der Waals surface area contributed by atoms with E-state index in [4.69, 9.17) is 4.74 Å². The van der Waals surface area contributed by atoms with Gasteiger partial charge >= 0.3 is 0 Å². The summed E-state index contributed by atoms with van der Waals surface area (Å²) in [5.41, 5.74) is 2.95. The summed E-state index contributed by atoms with van der Waals surface area (Å²) < 4.78 is 5.81. The minimum Gasteiger partial charge on any atom is -0.491 e. The second kappa shape index (κ2) is 4.04. The predicted octanol–water partition coefficient (Wildman–Crippen LogP) is 3.35. The molecule has 0 fully saturated rings. The van der Waals surface area contributed by atoms with Gasteiger partial charge in [0, 0.05) is 0 Å². The van der Waals surface area contributed by atoms with E-state index in [1.807, 2.05) is 0 Å². The monoisotopic (exact) mass is 190 g/mol. The molecule has 76 valence electrons. The lowest BCUT2D eigenvalue weighted by molar-refractivity contribution is 0.239. The maximum Gasteiger partial charge on any atom is 0.123 e. The van der Waals surface area contributed by atoms with Crippen LogP contribution in [-0.4, -0.2) is 6.10 Å². The zero-order valence-corrected chi connectivity index (χ0v) is 9.05. The molecule has 14 heavy (non-hydrogen) atoms. The molecule has 0 unspecified atom stereocenters. The standard InChI is InChI=1S/C13H18O/c1-10(2)14-13-9-5-7-11-6-3-4-8-12(11)13/h5,7,9-10H,3-4,6,8H2,1-2H3. The van der Waals surface area contributed by atoms with E-state index in [2.05, 4.69) is 32.0 Å². The molecule has 0 saturated carbocycles. The van der Waals surface area contributed by atoms with Crippen molar-refractivity contribution >= 4 is 0 Å². The largest absolute Gasteiger partial charge is 0.491 e. The number of benzene rings is 1. The fourth-order valence-corrected chi connectivity index (χ4v) is 2.11. The van der Waals surface area contributed by atoms with Crippen molar-refractivity contribution < 1.29 is 4.74 Å². The number of rotatable bonds is 2. The van der Waals surface area contributed by atoms with E-state index < -0.39 is 0 Å². The molecular weight excluding hydrogens is 172 g/mol. The number of aryl methyl sites for hydroxylation is 1. The van der Waals surface area contributed by atoms with E-state index in [0.717, 1.165) is 5.75 Å². The van der Waals surface area contributed by atoms with Crippen LogP contribution in [0.4, 0.5) is 0 Å². The Morgan fingerprint density at radius 3 is 2.71 bits per heavy atom. The lowest BCUT2D eigenvalue weighted by Gasteiger charge is -2.20. The van der Waals surface area contributed by atoms with Crippen molar-refractivity contribution in [2.45, 2.75) is 45.6 Å². The third-order valence-corrected chi connectivity index (χ3v) is 2.72. The summed E-state index contributed by atoms with van der Waals surface area (Å²) in [6.07, 6.45) is 5.34. The number of hydrogen-bond donors (Lipinski definition) is 0. The zero-order valence-electron chi connectivity index (χ0n) is 9.05. The van der Waals surface area contributed by atoms with Gasteiger partial charge in [0.2, 0.25) is 0 Å². The fourth-order valence-electron chi connectivity index (χ4n) is 2.11. The average molecular weight is 190 g/mol. The second-order valence-corrected chi connectivity index (χ2v) is 4.27. The van der Waals surface area contributed by atoms with Crippen LogP contribution in [0.3, 0.4) is 0 Å². The molecule has 0 bridgehead atoms. The lowest BCUT2D eigenvalue weighted by Crippen LogP contribution is -2.10. The van der Waals surface area contributed by atoms with Gasteiger partial charge in [0.1, 0.15) is 5.75 Å². The quantitative estimate of drug-likeness (QED) is 0.695. The Hall–Kier alpha value is -0.980. The maximum atomic E-state index is 5.81. The first-order valence-electron chi connectivity index (χ1n) is 5.55. The molecule has 0 spiro atoms. The summed E-state index contributed by atoms with van der Waals surface area (Å²) in [6.45, 7) is 4.17. The van der Waals surface area contributed by atoms with Gasteiger partial charge in [0.05, 0.1) is 6.10 Å². The highest BCUT2D eigenvalue weighted by Gasteiger charge is 2.13. The molecule has 1 aromatic rings. The fraction of sp³-hybridized carbons (Fsp3) is 0.538. The molecule has 0 heterocycles. The van der Waals surface area contributed by atoms with Crippen LogP contribution in [0.2, 0.25) is 0 Å². The molecule has 0 saturated heterocycles. The molecule has 0 amide bonds. The van der Waals surface area contributed by atoms with Gasteiger partial charge in [-0.15, -0.1) is 0 Å². The van der Waals surface area contributed by atoms with Crippen molar-refractivity contribution in [1.82, 2.24) is 0 Å². The van der Waals surface area contributed by atoms with Gasteiger partial charge in [-0.25, -0.2) is 0 Å². The Balaban J connectivity index is 2.30. The highest BCUT2D eigenvalue weighted by atomic mass is 16.5. The van der Waals surface area contributed by atoms with Gasteiger partial charge in [0.25, 0.3) is 0 Å². The average Bonchev–Trinajstić information content (AvgIpc) is 2.18. The number of hydrogen-bond acceptors (Lipinski definition) is 1. The van der Waals surface area contributed by atoms with E-state index in [9.17, 15) is 0 Å². The summed E-state index contributed by atoms with van der Waals surface area (Å²) >= 11 is 0. The van der Waals surface area contributed by atoms with E-state index >= 15 is 0 Å². The molecule has 1 aliphatic rings. The number of ether oxygens (including phenoxy) is 1. The summed E-state index contributed by atoms with van der Waals surface area (Å²) in [7, 11) is 0. The minimum atomic E-state index is 0.281. The first-order chi connectivity index (χ1) is 6.77. The van der Waals surface area contributed by atoms with Crippen LogP contribution in [-0.2, 0) is 12.8 Å². The summed E-state index contributed by atoms with van der Waals surface area (Å²) in [5.74, 6) is 1.11. The van der Waals surface area contributed by atoms with Crippen LogP contribution >= 0.6 is 0 Å². The van der Waals surface area contributed by atoms with Crippen LogP contribution in [0, 0.1) is 0 Å². The van der Waals surface area contributed by atoms with Crippen molar-refractivity contribution in [3.63, 3.8) is 0 Å². The van der Waals surface area contributed by atoms with Crippen molar-refractivity contribution in [2.24, 2.45) is 0 Å². The third kappa shape index (κ3) is 1.92. The molecule has 0 N–H and O–H groups in total. The number of fused-ring (bicyclic) bond motifs is 1. The molecule has 1 aliphatic carbocycles. The van der Waals surface area contributed by atoms with E-state index in [-0.39, 0.29) is 6.10 Å². The van der Waals surface area contributed by atoms with Crippen LogP contribution in [0.25, 0.3) is 0 Å². The first-order valence-corrected chi connectivity index (χ1v) is 5.55. The van der Waals surface area contributed by atoms with Gasteiger partial charge in [-0.05, 0) is 56.7 Å². The van der Waals surface area contributed by atoms with Crippen molar-refractivity contribution in [1.29, 1.82) is 0 Å². The Bertz CT molecular complexity index is 315. The van der Waals surface area contributed by atoms with Gasteiger partial charge in [-0.1, -0.05) is 12.1 Å². The SMILES string of the molecule is CC(C)Oc1cccc2c1CCCC2. The normalized spacial score (nSPS) is 15.4. The molecule has 0 radical (unpaired) electrons. The first kappa shape index (κ1) is 9.57. The van der Waals surface area contributed by atoms with Gasteiger partial charge < -0.3 is 4.74 Å². The zero-order chi connectivity index (χ0) is 9.97. The Morgan fingerprint density at radius 1 is 1.14 bits per heavy atom. The minimum absolute atomic E-state index is 0.281. The maximum absolute atomic E-state index is 5.81. The molecule has 0 aliphatic heterocycles. The third-order valence-electron chi connectivity index (χ3n) is 2.72. The summed E-state index contributed by atoms with van der Waals surface area (Å²) in [6, 6.07) is 6.45. The van der Waals surface area contributed by atoms with E-state index in [1.54, 1.807) is 0 Å². The summed E-state index contributed by atoms with van der Waals surface area (Å²) in [4.78, 5) is 0. The van der Waals surface area contributed by atoms with Gasteiger partial charge in [-0.2, -0.15) is 0 Å². The van der Waals surface area contributed by atoms with Crippen LogP contribution in [0.15, 0.2) is 18.2 Å². The topological polar surface area (TPSA) is 9.23 Å². The van der Waals surface area contributed by atoms with Gasteiger partial charge in [0.15, 0.2) is 0 Å². The van der Waals surface area contributed by atoms with Gasteiger partial charge in [-0.3, -0.25) is 0 Å². The highest BCUT2D eigenvalue weighted by molar-refractivity contribution is 5.41. The van der Waals surface area contributed by atoms with Crippen LogP contribution < -0.4 is 4.74 Å². The molecule has 0 atom stereocenters. The van der Waals surface area contributed by atoms with Crippen molar-refractivity contribution in [3.8, 4) is 5.75 Å². The molecule has 2 rings (SSSR count). The molecule has 1 nitrogen and oxygen atoms in total. The Labute approximate surface area is 86.1 Å². The molecular formula is C13H18O. The highest BCUT2D eigenvalue weighted by Crippen LogP contribution is 2.29. The Morgan fingerprint density at radius 2 is 1.93 bits per heavy atom. The van der Waals surface area contributed by atoms with E-state index in [0.29, 0.717) is 0 Å². The van der Waals surface area contributed by atoms with Crippen LogP contribution in [0.5, 0.6) is 5.75 Å². The molecule has 1 aromatic carbocycles.